The van der Waals surface area contributed by atoms with E-state index in [1.807, 2.05) is 30.3 Å². The average Bonchev–Trinajstić information content (AvgIpc) is 3.45. The van der Waals surface area contributed by atoms with Crippen molar-refractivity contribution in [2.45, 2.75) is 50.7 Å². The van der Waals surface area contributed by atoms with Crippen LogP contribution < -0.4 is 9.62 Å². The van der Waals surface area contributed by atoms with Crippen LogP contribution >= 0.6 is 0 Å². The number of nitrogens with one attached hydrogen (secondary N) is 1. The van der Waals surface area contributed by atoms with Gasteiger partial charge < -0.3 is 10.2 Å². The smallest absolute Gasteiger partial charge is 0.244 e. The highest BCUT2D eigenvalue weighted by Gasteiger charge is 2.34. The SMILES string of the molecule is CS(=O)(=O)N(CC(=O)N(Cc1ccc(F)cc1)[C@@H](Cc1ccccc1)C(=O)NC1CCCC1)c1ccc(F)c(F)c1. The molecular formula is C30H32F3N3O4S. The lowest BCUT2D eigenvalue weighted by atomic mass is 10.0. The van der Waals surface area contributed by atoms with Gasteiger partial charge in [-0.15, -0.1) is 0 Å². The normalized spacial score (nSPS) is 14.4. The predicted octanol–water partition coefficient (Wildman–Crippen LogP) is 4.57. The van der Waals surface area contributed by atoms with Crippen molar-refractivity contribution >= 4 is 27.5 Å². The third kappa shape index (κ3) is 8.09. The zero-order chi connectivity index (χ0) is 29.6. The molecule has 0 spiro atoms. The predicted molar refractivity (Wildman–Crippen MR) is 150 cm³/mol. The van der Waals surface area contributed by atoms with E-state index in [9.17, 15) is 31.2 Å². The molecule has 1 atom stereocenters. The summed E-state index contributed by atoms with van der Waals surface area (Å²) in [4.78, 5) is 29.0. The van der Waals surface area contributed by atoms with Crippen LogP contribution in [0.25, 0.3) is 0 Å². The highest BCUT2D eigenvalue weighted by Crippen LogP contribution is 2.23. The lowest BCUT2D eigenvalue weighted by molar-refractivity contribution is -0.140. The van der Waals surface area contributed by atoms with E-state index in [2.05, 4.69) is 5.32 Å². The van der Waals surface area contributed by atoms with Gasteiger partial charge in [0, 0.05) is 25.1 Å². The molecule has 3 aromatic rings. The Morgan fingerprint density at radius 3 is 2.17 bits per heavy atom. The molecule has 0 bridgehead atoms. The second kappa shape index (κ2) is 13.2. The standard InChI is InChI=1S/C30H32F3N3O4S/c1-41(39,40)36(25-15-16-26(32)27(33)18-25)20-29(37)35(19-22-11-13-23(31)14-12-22)28(17-21-7-3-2-4-8-21)30(38)34-24-9-5-6-10-24/h2-4,7-8,11-16,18,24,28H,5-6,9-10,17,19-20H2,1H3,(H,34,38)/t28-/m0/s1. The van der Waals surface area contributed by atoms with Gasteiger partial charge in [-0.25, -0.2) is 21.6 Å². The zero-order valence-electron chi connectivity index (χ0n) is 22.6. The summed E-state index contributed by atoms with van der Waals surface area (Å²) >= 11 is 0. The highest BCUT2D eigenvalue weighted by atomic mass is 32.2. The second-order valence-electron chi connectivity index (χ2n) is 10.2. The molecule has 41 heavy (non-hydrogen) atoms. The van der Waals surface area contributed by atoms with Crippen LogP contribution in [0.4, 0.5) is 18.9 Å². The van der Waals surface area contributed by atoms with E-state index >= 15 is 0 Å². The van der Waals surface area contributed by atoms with Crippen molar-refractivity contribution in [1.29, 1.82) is 0 Å². The number of amides is 2. The first-order valence-corrected chi connectivity index (χ1v) is 15.2. The van der Waals surface area contributed by atoms with E-state index in [-0.39, 0.29) is 24.7 Å². The van der Waals surface area contributed by atoms with Crippen LogP contribution in [0.3, 0.4) is 0 Å². The number of rotatable bonds is 11. The molecular weight excluding hydrogens is 555 g/mol. The van der Waals surface area contributed by atoms with Crippen LogP contribution in [0, 0.1) is 17.5 Å². The Bertz CT molecular complexity index is 1460. The van der Waals surface area contributed by atoms with Gasteiger partial charge in [0.2, 0.25) is 21.8 Å². The fourth-order valence-electron chi connectivity index (χ4n) is 4.96. The maximum Gasteiger partial charge on any atom is 0.244 e. The van der Waals surface area contributed by atoms with Crippen LogP contribution in [0.1, 0.15) is 36.8 Å². The van der Waals surface area contributed by atoms with Crippen LogP contribution in [0.5, 0.6) is 0 Å². The van der Waals surface area contributed by atoms with E-state index in [1.54, 1.807) is 0 Å². The molecule has 1 N–H and O–H groups in total. The monoisotopic (exact) mass is 587 g/mol. The summed E-state index contributed by atoms with van der Waals surface area (Å²) in [7, 11) is -4.13. The molecule has 0 saturated heterocycles. The summed E-state index contributed by atoms with van der Waals surface area (Å²) in [5.74, 6) is -4.06. The van der Waals surface area contributed by atoms with Gasteiger partial charge in [0.1, 0.15) is 18.4 Å². The number of carbonyl (C=O) groups excluding carboxylic acids is 2. The van der Waals surface area contributed by atoms with Gasteiger partial charge >= 0.3 is 0 Å². The third-order valence-corrected chi connectivity index (χ3v) is 8.25. The molecule has 0 aliphatic heterocycles. The summed E-state index contributed by atoms with van der Waals surface area (Å²) in [6.45, 7) is -0.892. The third-order valence-electron chi connectivity index (χ3n) is 7.11. The van der Waals surface area contributed by atoms with Crippen LogP contribution in [0.2, 0.25) is 0 Å². The quantitative estimate of drug-likeness (QED) is 0.356. The summed E-state index contributed by atoms with van der Waals surface area (Å²) < 4.78 is 67.4. The minimum atomic E-state index is -4.13. The number of sulfonamides is 1. The first kappa shape index (κ1) is 30.1. The summed E-state index contributed by atoms with van der Waals surface area (Å²) in [5, 5.41) is 3.04. The second-order valence-corrected chi connectivity index (χ2v) is 12.1. The number of nitrogens with zero attached hydrogens (tertiary/aromatic N) is 2. The molecule has 1 saturated carbocycles. The summed E-state index contributed by atoms with van der Waals surface area (Å²) in [6, 6.07) is 15.9. The fourth-order valence-corrected chi connectivity index (χ4v) is 5.80. The minimum Gasteiger partial charge on any atom is -0.352 e. The number of halogens is 3. The molecule has 3 aromatic carbocycles. The summed E-state index contributed by atoms with van der Waals surface area (Å²) in [6.07, 6.45) is 4.56. The zero-order valence-corrected chi connectivity index (χ0v) is 23.4. The fraction of sp³-hybridized carbons (Fsp3) is 0.333. The van der Waals surface area contributed by atoms with Gasteiger partial charge in [0.25, 0.3) is 0 Å². The van der Waals surface area contributed by atoms with Crippen molar-refractivity contribution in [3.05, 3.63) is 101 Å². The van der Waals surface area contributed by atoms with Crippen LogP contribution in [-0.2, 0) is 32.6 Å². The maximum absolute atomic E-state index is 14.0. The molecule has 218 valence electrons. The van der Waals surface area contributed by atoms with Crippen molar-refractivity contribution in [2.24, 2.45) is 0 Å². The molecule has 2 amide bonds. The molecule has 4 rings (SSSR count). The van der Waals surface area contributed by atoms with E-state index in [0.29, 0.717) is 15.9 Å². The minimum absolute atomic E-state index is 0.0433. The van der Waals surface area contributed by atoms with Gasteiger partial charge in [-0.2, -0.15) is 0 Å². The summed E-state index contributed by atoms with van der Waals surface area (Å²) in [5.41, 5.74) is 1.05. The molecule has 1 aliphatic carbocycles. The largest absolute Gasteiger partial charge is 0.352 e. The maximum atomic E-state index is 14.0. The topological polar surface area (TPSA) is 86.8 Å². The van der Waals surface area contributed by atoms with E-state index < -0.39 is 51.9 Å². The van der Waals surface area contributed by atoms with Gasteiger partial charge in [0.05, 0.1) is 11.9 Å². The molecule has 0 unspecified atom stereocenters. The molecule has 7 nitrogen and oxygen atoms in total. The molecule has 1 aliphatic rings. The number of hydrogen-bond acceptors (Lipinski definition) is 4. The number of benzene rings is 3. The lowest BCUT2D eigenvalue weighted by Crippen LogP contribution is -2.54. The van der Waals surface area contributed by atoms with Gasteiger partial charge in [0.15, 0.2) is 11.6 Å². The molecule has 1 fully saturated rings. The Hall–Kier alpha value is -3.86. The van der Waals surface area contributed by atoms with E-state index in [4.69, 9.17) is 0 Å². The van der Waals surface area contributed by atoms with Crippen LogP contribution in [0.15, 0.2) is 72.8 Å². The number of hydrogen-bond donors (Lipinski definition) is 1. The van der Waals surface area contributed by atoms with Crippen molar-refractivity contribution < 1.29 is 31.2 Å². The van der Waals surface area contributed by atoms with E-state index in [0.717, 1.165) is 49.6 Å². The van der Waals surface area contributed by atoms with Gasteiger partial charge in [-0.1, -0.05) is 55.3 Å². The van der Waals surface area contributed by atoms with E-state index in [1.165, 1.54) is 29.2 Å². The number of carbonyl (C=O) groups is 2. The average molecular weight is 588 g/mol. The first-order chi connectivity index (χ1) is 19.5. The van der Waals surface area contributed by atoms with Crippen molar-refractivity contribution in [3.63, 3.8) is 0 Å². The first-order valence-electron chi connectivity index (χ1n) is 13.3. The van der Waals surface area contributed by atoms with Gasteiger partial charge in [-0.05, 0) is 48.2 Å². The van der Waals surface area contributed by atoms with Crippen molar-refractivity contribution in [3.8, 4) is 0 Å². The van der Waals surface area contributed by atoms with Crippen LogP contribution in [-0.4, -0.2) is 50.0 Å². The Labute approximate surface area is 238 Å². The lowest BCUT2D eigenvalue weighted by Gasteiger charge is -2.34. The Morgan fingerprint density at radius 1 is 0.902 bits per heavy atom. The Kier molecular flexibility index (Phi) is 9.69. The van der Waals surface area contributed by atoms with Gasteiger partial charge in [-0.3, -0.25) is 13.9 Å². The Balaban J connectivity index is 1.72. The molecule has 0 aromatic heterocycles. The highest BCUT2D eigenvalue weighted by molar-refractivity contribution is 7.92. The molecule has 11 heteroatoms. The van der Waals surface area contributed by atoms with Crippen molar-refractivity contribution in [1.82, 2.24) is 10.2 Å². The van der Waals surface area contributed by atoms with Crippen molar-refractivity contribution in [2.75, 3.05) is 17.1 Å². The number of anilines is 1. The molecule has 0 heterocycles. The molecule has 0 radical (unpaired) electrons. The Morgan fingerprint density at radius 2 is 1.56 bits per heavy atom.